The average Bonchev–Trinajstić information content (AvgIpc) is 2.11. The lowest BCUT2D eigenvalue weighted by molar-refractivity contribution is -0.140. The monoisotopic (exact) mass is 188 g/mol. The van der Waals surface area contributed by atoms with Gasteiger partial charge in [-0.25, -0.2) is 0 Å². The van der Waals surface area contributed by atoms with Gasteiger partial charge in [0, 0.05) is 6.42 Å². The van der Waals surface area contributed by atoms with Crippen molar-refractivity contribution < 1.29 is 14.7 Å². The van der Waals surface area contributed by atoms with E-state index >= 15 is 0 Å². The number of Topliss-reactive ketones (excluding diaryl/α,β-unsaturated/α-hetero) is 1. The van der Waals surface area contributed by atoms with Crippen LogP contribution in [0.2, 0.25) is 0 Å². The van der Waals surface area contributed by atoms with Crippen molar-refractivity contribution in [2.75, 3.05) is 6.54 Å². The lowest BCUT2D eigenvalue weighted by atomic mass is 9.96. The van der Waals surface area contributed by atoms with Gasteiger partial charge in [0.25, 0.3) is 0 Å². The van der Waals surface area contributed by atoms with Gasteiger partial charge < -0.3 is 16.6 Å². The highest BCUT2D eigenvalue weighted by molar-refractivity contribution is 5.80. The van der Waals surface area contributed by atoms with E-state index in [4.69, 9.17) is 16.6 Å². The van der Waals surface area contributed by atoms with E-state index in [-0.39, 0.29) is 18.2 Å². The molecule has 0 aliphatic heterocycles. The highest BCUT2D eigenvalue weighted by Gasteiger charge is 2.19. The maximum absolute atomic E-state index is 10.8. The number of rotatable bonds is 6. The first-order valence-electron chi connectivity index (χ1n) is 4.19. The largest absolute Gasteiger partial charge is 0.480 e. The number of aliphatic carboxylic acids is 1. The standard InChI is InChI=1S/C8H16N2O3/c1-5(7(10)8(12)13)2-3-6(11)4-9/h5,7H,2-4,9-10H2,1H3,(H,12,13)/t5-,7-/m0/s1. The third kappa shape index (κ3) is 4.59. The third-order valence-corrected chi connectivity index (χ3v) is 2.00. The summed E-state index contributed by atoms with van der Waals surface area (Å²) in [5.41, 5.74) is 10.4. The summed E-state index contributed by atoms with van der Waals surface area (Å²) in [6.07, 6.45) is 0.780. The Balaban J connectivity index is 3.80. The van der Waals surface area contributed by atoms with E-state index in [1.54, 1.807) is 6.92 Å². The van der Waals surface area contributed by atoms with Gasteiger partial charge in [0.15, 0.2) is 0 Å². The molecule has 0 saturated carbocycles. The minimum Gasteiger partial charge on any atom is -0.480 e. The van der Waals surface area contributed by atoms with E-state index in [2.05, 4.69) is 0 Å². The van der Waals surface area contributed by atoms with Crippen LogP contribution in [0.5, 0.6) is 0 Å². The summed E-state index contributed by atoms with van der Waals surface area (Å²) in [5, 5.41) is 8.54. The lowest BCUT2D eigenvalue weighted by Gasteiger charge is -2.14. The van der Waals surface area contributed by atoms with Crippen molar-refractivity contribution in [3.63, 3.8) is 0 Å². The summed E-state index contributed by atoms with van der Waals surface area (Å²) in [7, 11) is 0. The molecule has 0 radical (unpaired) electrons. The molecule has 0 fully saturated rings. The second kappa shape index (κ2) is 5.66. The molecule has 13 heavy (non-hydrogen) atoms. The number of carboxylic acid groups (broad SMARTS) is 1. The van der Waals surface area contributed by atoms with Gasteiger partial charge in [-0.2, -0.15) is 0 Å². The Kier molecular flexibility index (Phi) is 5.25. The van der Waals surface area contributed by atoms with Gasteiger partial charge in [-0.3, -0.25) is 9.59 Å². The molecule has 0 unspecified atom stereocenters. The molecule has 76 valence electrons. The van der Waals surface area contributed by atoms with Crippen LogP contribution >= 0.6 is 0 Å². The van der Waals surface area contributed by atoms with Crippen LogP contribution in [0.4, 0.5) is 0 Å². The molecule has 0 heterocycles. The summed E-state index contributed by atoms with van der Waals surface area (Å²) < 4.78 is 0. The van der Waals surface area contributed by atoms with Crippen LogP contribution in [0.15, 0.2) is 0 Å². The lowest BCUT2D eigenvalue weighted by Crippen LogP contribution is -2.36. The molecule has 0 aliphatic rings. The minimum absolute atomic E-state index is 0.00896. The summed E-state index contributed by atoms with van der Waals surface area (Å²) in [4.78, 5) is 21.2. The second-order valence-corrected chi connectivity index (χ2v) is 3.12. The predicted molar refractivity (Wildman–Crippen MR) is 48.1 cm³/mol. The predicted octanol–water partition coefficient (Wildman–Crippen LogP) is -0.658. The Hall–Kier alpha value is -0.940. The summed E-state index contributed by atoms with van der Waals surface area (Å²) in [6, 6.07) is -0.898. The van der Waals surface area contributed by atoms with Gasteiger partial charge in [-0.15, -0.1) is 0 Å². The van der Waals surface area contributed by atoms with Crippen molar-refractivity contribution in [2.45, 2.75) is 25.8 Å². The zero-order chi connectivity index (χ0) is 10.4. The molecule has 5 N–H and O–H groups in total. The number of carbonyl (C=O) groups excluding carboxylic acids is 1. The Morgan fingerprint density at radius 1 is 1.46 bits per heavy atom. The summed E-state index contributed by atoms with van der Waals surface area (Å²) >= 11 is 0. The number of carboxylic acids is 1. The molecule has 5 nitrogen and oxygen atoms in total. The zero-order valence-corrected chi connectivity index (χ0v) is 7.69. The van der Waals surface area contributed by atoms with Crippen molar-refractivity contribution >= 4 is 11.8 Å². The molecule has 0 aromatic rings. The topological polar surface area (TPSA) is 106 Å². The molecular weight excluding hydrogens is 172 g/mol. The molecule has 0 aromatic heterocycles. The van der Waals surface area contributed by atoms with Crippen molar-refractivity contribution in [1.29, 1.82) is 0 Å². The molecule has 0 rings (SSSR count). The van der Waals surface area contributed by atoms with E-state index in [9.17, 15) is 9.59 Å². The van der Waals surface area contributed by atoms with Crippen molar-refractivity contribution in [2.24, 2.45) is 17.4 Å². The first-order chi connectivity index (χ1) is 5.99. The van der Waals surface area contributed by atoms with Gasteiger partial charge in [0.1, 0.15) is 11.8 Å². The third-order valence-electron chi connectivity index (χ3n) is 2.00. The maximum Gasteiger partial charge on any atom is 0.320 e. The SMILES string of the molecule is C[C@@H](CCC(=O)CN)[C@H](N)C(=O)O. The molecule has 0 saturated heterocycles. The van der Waals surface area contributed by atoms with E-state index in [0.29, 0.717) is 12.8 Å². The number of hydrogen-bond donors (Lipinski definition) is 3. The number of nitrogens with two attached hydrogens (primary N) is 2. The number of carbonyl (C=O) groups is 2. The van der Waals surface area contributed by atoms with Gasteiger partial charge >= 0.3 is 5.97 Å². The molecular formula is C8H16N2O3. The summed E-state index contributed by atoms with van der Waals surface area (Å²) in [6.45, 7) is 1.72. The van der Waals surface area contributed by atoms with E-state index in [1.165, 1.54) is 0 Å². The average molecular weight is 188 g/mol. The Morgan fingerprint density at radius 3 is 2.38 bits per heavy atom. The van der Waals surface area contributed by atoms with Crippen molar-refractivity contribution in [3.8, 4) is 0 Å². The van der Waals surface area contributed by atoms with Crippen LogP contribution in [0, 0.1) is 5.92 Å². The molecule has 0 spiro atoms. The molecule has 0 aromatic carbocycles. The van der Waals surface area contributed by atoms with Gasteiger partial charge in [0.2, 0.25) is 0 Å². The molecule has 5 heteroatoms. The second-order valence-electron chi connectivity index (χ2n) is 3.12. The summed E-state index contributed by atoms with van der Waals surface area (Å²) in [5.74, 6) is -1.30. The molecule has 2 atom stereocenters. The smallest absolute Gasteiger partial charge is 0.320 e. The van der Waals surface area contributed by atoms with Crippen LogP contribution < -0.4 is 11.5 Å². The highest BCUT2D eigenvalue weighted by Crippen LogP contribution is 2.09. The van der Waals surface area contributed by atoms with Crippen LogP contribution in [-0.2, 0) is 9.59 Å². The molecule has 0 bridgehead atoms. The number of ketones is 1. The zero-order valence-electron chi connectivity index (χ0n) is 7.69. The quantitative estimate of drug-likeness (QED) is 0.513. The van der Waals surface area contributed by atoms with Gasteiger partial charge in [-0.05, 0) is 12.3 Å². The van der Waals surface area contributed by atoms with Crippen molar-refractivity contribution in [3.05, 3.63) is 0 Å². The highest BCUT2D eigenvalue weighted by atomic mass is 16.4. The van der Waals surface area contributed by atoms with Crippen LogP contribution in [0.25, 0.3) is 0 Å². The Labute approximate surface area is 77.1 Å². The number of hydrogen-bond acceptors (Lipinski definition) is 4. The van der Waals surface area contributed by atoms with Crippen LogP contribution in [0.3, 0.4) is 0 Å². The van der Waals surface area contributed by atoms with Crippen molar-refractivity contribution in [1.82, 2.24) is 0 Å². The Bertz CT molecular complexity index is 194. The molecule has 0 amide bonds. The van der Waals surface area contributed by atoms with Gasteiger partial charge in [0.05, 0.1) is 6.54 Å². The van der Waals surface area contributed by atoms with E-state index < -0.39 is 12.0 Å². The molecule has 0 aliphatic carbocycles. The van der Waals surface area contributed by atoms with Crippen LogP contribution in [-0.4, -0.2) is 29.4 Å². The fraction of sp³-hybridized carbons (Fsp3) is 0.750. The normalized spacial score (nSPS) is 15.0. The fourth-order valence-corrected chi connectivity index (χ4v) is 0.914. The first kappa shape index (κ1) is 12.1. The minimum atomic E-state index is -1.03. The fourth-order valence-electron chi connectivity index (χ4n) is 0.914. The Morgan fingerprint density at radius 2 is 2.00 bits per heavy atom. The van der Waals surface area contributed by atoms with E-state index in [0.717, 1.165) is 0 Å². The van der Waals surface area contributed by atoms with Gasteiger partial charge in [-0.1, -0.05) is 6.92 Å². The maximum atomic E-state index is 10.8. The first-order valence-corrected chi connectivity index (χ1v) is 4.19. The van der Waals surface area contributed by atoms with E-state index in [1.807, 2.05) is 0 Å². The van der Waals surface area contributed by atoms with Crippen LogP contribution in [0.1, 0.15) is 19.8 Å².